The van der Waals surface area contributed by atoms with Crippen LogP contribution < -0.4 is 9.44 Å². The van der Waals surface area contributed by atoms with Crippen LogP contribution >= 0.6 is 11.6 Å². The van der Waals surface area contributed by atoms with Crippen molar-refractivity contribution in [1.82, 2.24) is 4.72 Å². The van der Waals surface area contributed by atoms with E-state index >= 15 is 0 Å². The molecule has 6 nitrogen and oxygen atoms in total. The summed E-state index contributed by atoms with van der Waals surface area (Å²) in [6.45, 7) is 0.997. The van der Waals surface area contributed by atoms with Crippen molar-refractivity contribution >= 4 is 37.3 Å². The summed E-state index contributed by atoms with van der Waals surface area (Å²) in [7, 11) is -7.49. The van der Waals surface area contributed by atoms with Crippen molar-refractivity contribution in [2.45, 2.75) is 16.7 Å². The molecule has 136 valence electrons. The van der Waals surface area contributed by atoms with E-state index in [0.717, 1.165) is 20.0 Å². The second-order valence-corrected chi connectivity index (χ2v) is 8.92. The van der Waals surface area contributed by atoms with Crippen molar-refractivity contribution in [2.24, 2.45) is 0 Å². The van der Waals surface area contributed by atoms with Crippen molar-refractivity contribution < 1.29 is 25.6 Å². The molecule has 0 saturated carbocycles. The highest BCUT2D eigenvalue weighted by atomic mass is 35.5. The summed E-state index contributed by atoms with van der Waals surface area (Å²) < 4.78 is 80.5. The van der Waals surface area contributed by atoms with Gasteiger partial charge in [-0.05, 0) is 38.2 Å². The molecule has 0 saturated heterocycles. The Bertz CT molecular complexity index is 1040. The van der Waals surface area contributed by atoms with Gasteiger partial charge in [0, 0.05) is 10.6 Å². The minimum Gasteiger partial charge on any atom is -0.277 e. The van der Waals surface area contributed by atoms with Gasteiger partial charge in [-0.2, -0.15) is 0 Å². The first-order chi connectivity index (χ1) is 11.5. The molecule has 2 rings (SSSR count). The Morgan fingerprint density at radius 1 is 1.00 bits per heavy atom. The number of sulfonamides is 2. The van der Waals surface area contributed by atoms with Gasteiger partial charge >= 0.3 is 0 Å². The largest absolute Gasteiger partial charge is 0.277 e. The molecule has 0 heterocycles. The van der Waals surface area contributed by atoms with Gasteiger partial charge in [-0.1, -0.05) is 17.7 Å². The second kappa shape index (κ2) is 6.87. The van der Waals surface area contributed by atoms with E-state index in [-0.39, 0.29) is 9.92 Å². The standard InChI is InChI=1S/C14H13ClF2N2O4S2/c1-8-13(16)11(7-12(14(8)17)25(22,23)18-2)19-24(20,21)10-5-3-4-9(15)6-10/h3-7,18-19H,1-2H3. The molecule has 0 bridgehead atoms. The zero-order valence-corrected chi connectivity index (χ0v) is 15.4. The van der Waals surface area contributed by atoms with E-state index in [9.17, 15) is 25.6 Å². The van der Waals surface area contributed by atoms with E-state index in [1.807, 2.05) is 9.44 Å². The van der Waals surface area contributed by atoms with Crippen LogP contribution in [0, 0.1) is 18.6 Å². The van der Waals surface area contributed by atoms with Crippen molar-refractivity contribution in [3.05, 3.63) is 52.6 Å². The maximum atomic E-state index is 14.3. The molecule has 2 aromatic carbocycles. The summed E-state index contributed by atoms with van der Waals surface area (Å²) in [5.41, 5.74) is -1.34. The van der Waals surface area contributed by atoms with Gasteiger partial charge in [-0.3, -0.25) is 4.72 Å². The lowest BCUT2D eigenvalue weighted by Gasteiger charge is -2.14. The first-order valence-electron chi connectivity index (χ1n) is 6.70. The van der Waals surface area contributed by atoms with Gasteiger partial charge in [0.1, 0.15) is 10.7 Å². The third-order valence-corrected chi connectivity index (χ3v) is 6.31. The van der Waals surface area contributed by atoms with Crippen LogP contribution in [-0.4, -0.2) is 23.9 Å². The SMILES string of the molecule is CNS(=O)(=O)c1cc(NS(=O)(=O)c2cccc(Cl)c2)c(F)c(C)c1F. The molecule has 0 spiro atoms. The smallest absolute Gasteiger partial charge is 0.262 e. The molecule has 0 aromatic heterocycles. The van der Waals surface area contributed by atoms with Gasteiger partial charge in [0.15, 0.2) is 5.82 Å². The third-order valence-electron chi connectivity index (χ3n) is 3.30. The fourth-order valence-electron chi connectivity index (χ4n) is 1.96. The topological polar surface area (TPSA) is 92.3 Å². The average Bonchev–Trinajstić information content (AvgIpc) is 2.55. The van der Waals surface area contributed by atoms with Crippen LogP contribution in [0.25, 0.3) is 0 Å². The van der Waals surface area contributed by atoms with Gasteiger partial charge in [-0.25, -0.2) is 30.3 Å². The molecule has 0 unspecified atom stereocenters. The molecular formula is C14H13ClF2N2O4S2. The minimum atomic E-state index is -4.27. The molecule has 0 amide bonds. The average molecular weight is 411 g/mol. The lowest BCUT2D eigenvalue weighted by Crippen LogP contribution is -2.22. The van der Waals surface area contributed by atoms with Crippen molar-refractivity contribution in [3.8, 4) is 0 Å². The summed E-state index contributed by atoms with van der Waals surface area (Å²) in [6, 6.07) is 5.74. The number of anilines is 1. The number of hydrogen-bond acceptors (Lipinski definition) is 4. The van der Waals surface area contributed by atoms with Crippen LogP contribution in [0.15, 0.2) is 40.1 Å². The monoisotopic (exact) mass is 410 g/mol. The molecular weight excluding hydrogens is 398 g/mol. The third kappa shape index (κ3) is 3.92. The number of halogens is 3. The van der Waals surface area contributed by atoms with E-state index in [1.165, 1.54) is 18.2 Å². The highest BCUT2D eigenvalue weighted by Crippen LogP contribution is 2.29. The van der Waals surface area contributed by atoms with Crippen LogP contribution in [0.2, 0.25) is 5.02 Å². The molecule has 2 aromatic rings. The summed E-state index contributed by atoms with van der Waals surface area (Å²) >= 11 is 5.73. The minimum absolute atomic E-state index is 0.136. The predicted octanol–water partition coefficient (Wildman–Crippen LogP) is 2.64. The fourth-order valence-corrected chi connectivity index (χ4v) is 4.19. The van der Waals surface area contributed by atoms with Crippen LogP contribution in [0.3, 0.4) is 0 Å². The molecule has 0 atom stereocenters. The fraction of sp³-hybridized carbons (Fsp3) is 0.143. The van der Waals surface area contributed by atoms with Crippen molar-refractivity contribution in [3.63, 3.8) is 0 Å². The number of benzene rings is 2. The van der Waals surface area contributed by atoms with Gasteiger partial charge in [-0.15, -0.1) is 0 Å². The molecule has 0 aliphatic heterocycles. The Morgan fingerprint density at radius 2 is 1.64 bits per heavy atom. The first kappa shape index (κ1) is 19.6. The maximum Gasteiger partial charge on any atom is 0.262 e. The number of rotatable bonds is 5. The molecule has 0 fully saturated rings. The maximum absolute atomic E-state index is 14.3. The van der Waals surface area contributed by atoms with Gasteiger partial charge in [0.05, 0.1) is 10.6 Å². The molecule has 0 aliphatic carbocycles. The second-order valence-electron chi connectivity index (χ2n) is 4.95. The van der Waals surface area contributed by atoms with Gasteiger partial charge in [0.2, 0.25) is 10.0 Å². The van der Waals surface area contributed by atoms with Gasteiger partial charge < -0.3 is 0 Å². The quantitative estimate of drug-likeness (QED) is 0.792. The van der Waals surface area contributed by atoms with Crippen LogP contribution in [0.4, 0.5) is 14.5 Å². The lowest BCUT2D eigenvalue weighted by molar-refractivity contribution is 0.536. The van der Waals surface area contributed by atoms with E-state index in [0.29, 0.717) is 6.07 Å². The Balaban J connectivity index is 2.61. The van der Waals surface area contributed by atoms with Crippen molar-refractivity contribution in [2.75, 3.05) is 11.8 Å². The van der Waals surface area contributed by atoms with E-state index in [1.54, 1.807) is 0 Å². The molecule has 11 heteroatoms. The van der Waals surface area contributed by atoms with Crippen LogP contribution in [-0.2, 0) is 20.0 Å². The highest BCUT2D eigenvalue weighted by molar-refractivity contribution is 7.92. The van der Waals surface area contributed by atoms with Gasteiger partial charge in [0.25, 0.3) is 10.0 Å². The summed E-state index contributed by atoms with van der Waals surface area (Å²) in [4.78, 5) is -1.14. The molecule has 25 heavy (non-hydrogen) atoms. The zero-order chi connectivity index (χ0) is 19.0. The number of nitrogens with one attached hydrogen (secondary N) is 2. The van der Waals surface area contributed by atoms with Crippen LogP contribution in [0.5, 0.6) is 0 Å². The van der Waals surface area contributed by atoms with E-state index in [4.69, 9.17) is 11.6 Å². The summed E-state index contributed by atoms with van der Waals surface area (Å²) in [5, 5.41) is 0.136. The summed E-state index contributed by atoms with van der Waals surface area (Å²) in [6.07, 6.45) is 0. The summed E-state index contributed by atoms with van der Waals surface area (Å²) in [5.74, 6) is -2.53. The predicted molar refractivity (Wildman–Crippen MR) is 89.6 cm³/mol. The Kier molecular flexibility index (Phi) is 5.38. The molecule has 2 N–H and O–H groups in total. The molecule has 0 aliphatic rings. The highest BCUT2D eigenvalue weighted by Gasteiger charge is 2.26. The normalized spacial score (nSPS) is 12.2. The van der Waals surface area contributed by atoms with E-state index < -0.39 is 47.8 Å². The Morgan fingerprint density at radius 3 is 2.20 bits per heavy atom. The van der Waals surface area contributed by atoms with Crippen LogP contribution in [0.1, 0.15) is 5.56 Å². The zero-order valence-electron chi connectivity index (χ0n) is 13.0. The number of hydrogen-bond donors (Lipinski definition) is 2. The lowest BCUT2D eigenvalue weighted by atomic mass is 10.2. The Hall–Kier alpha value is -1.75. The Labute approximate surface area is 148 Å². The van der Waals surface area contributed by atoms with Crippen molar-refractivity contribution in [1.29, 1.82) is 0 Å². The molecule has 0 radical (unpaired) electrons. The van der Waals surface area contributed by atoms with E-state index in [2.05, 4.69) is 0 Å². The first-order valence-corrected chi connectivity index (χ1v) is 10.0.